The molecule has 11 heteroatoms. The van der Waals surface area contributed by atoms with E-state index in [0.29, 0.717) is 48.0 Å². The Balaban J connectivity index is 1.47. The van der Waals surface area contributed by atoms with Crippen molar-refractivity contribution in [1.82, 2.24) is 19.8 Å². The Morgan fingerprint density at radius 1 is 1.38 bits per heavy atom. The van der Waals surface area contributed by atoms with Crippen molar-refractivity contribution in [3.63, 3.8) is 0 Å². The number of aromatic nitrogens is 2. The van der Waals surface area contributed by atoms with Crippen molar-refractivity contribution >= 4 is 61.3 Å². The lowest BCUT2D eigenvalue weighted by Crippen LogP contribution is -2.59. The number of likely N-dealkylation sites (tertiary alicyclic amines) is 2. The van der Waals surface area contributed by atoms with Gasteiger partial charge in [-0.05, 0) is 77.4 Å². The second-order valence-electron chi connectivity index (χ2n) is 9.11. The summed E-state index contributed by atoms with van der Waals surface area (Å²) in [6.45, 7) is 3.97. The molecule has 1 spiro atoms. The van der Waals surface area contributed by atoms with Crippen LogP contribution in [-0.2, 0) is 0 Å². The van der Waals surface area contributed by atoms with Crippen molar-refractivity contribution in [2.75, 3.05) is 51.3 Å². The summed E-state index contributed by atoms with van der Waals surface area (Å²) < 4.78 is 22.3. The van der Waals surface area contributed by atoms with E-state index < -0.39 is 11.9 Å². The first-order valence-electron chi connectivity index (χ1n) is 10.7. The first kappa shape index (κ1) is 22.3. The first-order chi connectivity index (χ1) is 15.3. The van der Waals surface area contributed by atoms with Gasteiger partial charge in [0.15, 0.2) is 5.82 Å². The minimum atomic E-state index is -0.879. The van der Waals surface area contributed by atoms with Gasteiger partial charge >= 0.3 is 12.1 Å². The average molecular weight is 620 g/mol. The predicted molar refractivity (Wildman–Crippen MR) is 130 cm³/mol. The summed E-state index contributed by atoms with van der Waals surface area (Å²) in [5, 5.41) is 9.86. The highest BCUT2D eigenvalue weighted by Crippen LogP contribution is 2.43. The molecule has 2 aromatic rings. The number of anilines is 1. The SMILES string of the molecule is CN1CCC[C@H]1COc1nc(N2CCC3(CN(C(=O)O)C3)C2)c2cc(I)c(Br)c(F)c2n1. The third-order valence-corrected chi connectivity index (χ3v) is 9.29. The molecule has 1 aromatic heterocycles. The zero-order valence-electron chi connectivity index (χ0n) is 17.7. The number of halogens is 3. The van der Waals surface area contributed by atoms with E-state index in [2.05, 4.69) is 60.4 Å². The Bertz CT molecular complexity index is 1080. The smallest absolute Gasteiger partial charge is 0.407 e. The third kappa shape index (κ3) is 3.89. The molecule has 4 heterocycles. The number of likely N-dealkylation sites (N-methyl/N-ethyl adjacent to an activating group) is 1. The second kappa shape index (κ2) is 8.39. The fraction of sp³-hybridized carbons (Fsp3) is 0.571. The van der Waals surface area contributed by atoms with Gasteiger partial charge in [0, 0.05) is 46.6 Å². The minimum Gasteiger partial charge on any atom is -0.465 e. The van der Waals surface area contributed by atoms with Crippen LogP contribution in [-0.4, -0.2) is 83.4 Å². The summed E-state index contributed by atoms with van der Waals surface area (Å²) in [6.07, 6.45) is 2.19. The molecule has 1 atom stereocenters. The zero-order valence-corrected chi connectivity index (χ0v) is 21.4. The van der Waals surface area contributed by atoms with Crippen LogP contribution in [0.15, 0.2) is 10.5 Å². The van der Waals surface area contributed by atoms with Crippen LogP contribution in [0.3, 0.4) is 0 Å². The molecule has 0 aliphatic carbocycles. The Morgan fingerprint density at radius 2 is 2.16 bits per heavy atom. The van der Waals surface area contributed by atoms with Gasteiger partial charge in [0.05, 0.1) is 4.47 Å². The van der Waals surface area contributed by atoms with Gasteiger partial charge in [-0.3, -0.25) is 0 Å². The molecule has 0 unspecified atom stereocenters. The van der Waals surface area contributed by atoms with E-state index in [-0.39, 0.29) is 16.9 Å². The Morgan fingerprint density at radius 3 is 2.84 bits per heavy atom. The molecule has 3 fully saturated rings. The minimum absolute atomic E-state index is 0.0652. The molecule has 172 valence electrons. The van der Waals surface area contributed by atoms with Gasteiger partial charge in [-0.2, -0.15) is 9.97 Å². The van der Waals surface area contributed by atoms with Crippen molar-refractivity contribution in [2.24, 2.45) is 5.41 Å². The number of hydrogen-bond donors (Lipinski definition) is 1. The van der Waals surface area contributed by atoms with Gasteiger partial charge in [0.2, 0.25) is 0 Å². The number of rotatable bonds is 4. The molecular formula is C21H24BrFIN5O3. The maximum atomic E-state index is 15.2. The zero-order chi connectivity index (χ0) is 22.6. The van der Waals surface area contributed by atoms with E-state index in [1.807, 2.05) is 6.07 Å². The number of carbonyl (C=O) groups is 1. The quantitative estimate of drug-likeness (QED) is 0.412. The summed E-state index contributed by atoms with van der Waals surface area (Å²) >= 11 is 5.42. The van der Waals surface area contributed by atoms with Gasteiger partial charge < -0.3 is 24.5 Å². The van der Waals surface area contributed by atoms with E-state index >= 15 is 4.39 Å². The first-order valence-corrected chi connectivity index (χ1v) is 12.5. The van der Waals surface area contributed by atoms with E-state index in [1.54, 1.807) is 0 Å². The number of hydrogen-bond acceptors (Lipinski definition) is 6. The van der Waals surface area contributed by atoms with Crippen molar-refractivity contribution in [1.29, 1.82) is 0 Å². The fourth-order valence-electron chi connectivity index (χ4n) is 5.08. The van der Waals surface area contributed by atoms with E-state index in [0.717, 1.165) is 35.9 Å². The van der Waals surface area contributed by atoms with E-state index in [1.165, 1.54) is 4.90 Å². The number of ether oxygens (including phenoxy) is 1. The Labute approximate surface area is 207 Å². The average Bonchev–Trinajstić information content (AvgIpc) is 3.36. The Kier molecular flexibility index (Phi) is 5.85. The summed E-state index contributed by atoms with van der Waals surface area (Å²) in [5.74, 6) is 0.229. The normalized spacial score (nSPS) is 22.7. The van der Waals surface area contributed by atoms with Gasteiger partial charge in [-0.1, -0.05) is 0 Å². The molecule has 3 aliphatic rings. The highest BCUT2D eigenvalue weighted by Gasteiger charge is 2.50. The highest BCUT2D eigenvalue weighted by molar-refractivity contribution is 14.1. The molecule has 0 saturated carbocycles. The third-order valence-electron chi connectivity index (χ3n) is 6.92. The van der Waals surface area contributed by atoms with Crippen LogP contribution in [0, 0.1) is 14.8 Å². The van der Waals surface area contributed by atoms with Crippen molar-refractivity contribution in [2.45, 2.75) is 25.3 Å². The van der Waals surface area contributed by atoms with Crippen LogP contribution < -0.4 is 9.64 Å². The molecule has 5 rings (SSSR count). The maximum absolute atomic E-state index is 15.2. The lowest BCUT2D eigenvalue weighted by molar-refractivity contribution is 0.0252. The fourth-order valence-corrected chi connectivity index (χ4v) is 5.93. The molecule has 1 N–H and O–H groups in total. The molecular weight excluding hydrogens is 596 g/mol. The summed E-state index contributed by atoms with van der Waals surface area (Å²) in [7, 11) is 2.08. The summed E-state index contributed by atoms with van der Waals surface area (Å²) in [5.41, 5.74) is 0.170. The lowest BCUT2D eigenvalue weighted by Gasteiger charge is -2.46. The summed E-state index contributed by atoms with van der Waals surface area (Å²) in [6, 6.07) is 2.38. The Hall–Kier alpha value is -1.47. The highest BCUT2D eigenvalue weighted by atomic mass is 127. The van der Waals surface area contributed by atoms with Crippen LogP contribution in [0.1, 0.15) is 19.3 Å². The van der Waals surface area contributed by atoms with E-state index in [9.17, 15) is 9.90 Å². The van der Waals surface area contributed by atoms with E-state index in [4.69, 9.17) is 9.72 Å². The number of fused-ring (bicyclic) bond motifs is 1. The molecule has 3 saturated heterocycles. The molecule has 8 nitrogen and oxygen atoms in total. The van der Waals surface area contributed by atoms with Crippen LogP contribution in [0.2, 0.25) is 0 Å². The van der Waals surface area contributed by atoms with Gasteiger partial charge in [-0.25, -0.2) is 9.18 Å². The largest absolute Gasteiger partial charge is 0.465 e. The number of amides is 1. The van der Waals surface area contributed by atoms with Crippen LogP contribution in [0.4, 0.5) is 15.0 Å². The van der Waals surface area contributed by atoms with Crippen molar-refractivity contribution < 1.29 is 19.0 Å². The number of carboxylic acid groups (broad SMARTS) is 1. The number of benzene rings is 1. The van der Waals surface area contributed by atoms with Crippen molar-refractivity contribution in [3.05, 3.63) is 19.9 Å². The lowest BCUT2D eigenvalue weighted by atomic mass is 9.79. The van der Waals surface area contributed by atoms with Crippen LogP contribution >= 0.6 is 38.5 Å². The molecule has 0 bridgehead atoms. The van der Waals surface area contributed by atoms with Crippen LogP contribution in [0.25, 0.3) is 10.9 Å². The molecule has 1 amide bonds. The standard InChI is InChI=1S/C21H24BrFIN5O3/c1-27-5-2-3-12(27)8-32-19-25-17-13(7-14(24)15(22)16(17)23)18(26-19)28-6-4-21(9-28)10-29(11-21)20(30)31/h7,12H,2-6,8-11H2,1H3,(H,30,31)/t12-/m0/s1. The number of nitrogens with zero attached hydrogens (tertiary/aromatic N) is 5. The molecule has 3 aliphatic heterocycles. The van der Waals surface area contributed by atoms with Crippen molar-refractivity contribution in [3.8, 4) is 6.01 Å². The molecule has 1 aromatic carbocycles. The maximum Gasteiger partial charge on any atom is 0.407 e. The summed E-state index contributed by atoms with van der Waals surface area (Å²) in [4.78, 5) is 26.2. The molecule has 0 radical (unpaired) electrons. The van der Waals surface area contributed by atoms with Crippen LogP contribution in [0.5, 0.6) is 6.01 Å². The monoisotopic (exact) mass is 619 g/mol. The second-order valence-corrected chi connectivity index (χ2v) is 11.1. The van der Waals surface area contributed by atoms with Gasteiger partial charge in [0.1, 0.15) is 17.9 Å². The topological polar surface area (TPSA) is 82.0 Å². The predicted octanol–water partition coefficient (Wildman–Crippen LogP) is 3.80. The van der Waals surface area contributed by atoms with Gasteiger partial charge in [0.25, 0.3) is 0 Å². The molecule has 32 heavy (non-hydrogen) atoms. The van der Waals surface area contributed by atoms with Gasteiger partial charge in [-0.15, -0.1) is 0 Å².